The van der Waals surface area contributed by atoms with Gasteiger partial charge in [0.1, 0.15) is 5.82 Å². The highest BCUT2D eigenvalue weighted by molar-refractivity contribution is 7.89. The van der Waals surface area contributed by atoms with E-state index < -0.39 is 15.8 Å². The van der Waals surface area contributed by atoms with Gasteiger partial charge in [0.2, 0.25) is 15.9 Å². The highest BCUT2D eigenvalue weighted by Gasteiger charge is 2.42. The molecule has 0 radical (unpaired) electrons. The maximum absolute atomic E-state index is 13.0. The lowest BCUT2D eigenvalue weighted by atomic mass is 9.97. The molecule has 7 nitrogen and oxygen atoms in total. The van der Waals surface area contributed by atoms with Gasteiger partial charge in [-0.15, -0.1) is 0 Å². The highest BCUT2D eigenvalue weighted by Crippen LogP contribution is 2.35. The quantitative estimate of drug-likeness (QED) is 0.809. The van der Waals surface area contributed by atoms with Crippen molar-refractivity contribution in [2.24, 2.45) is 5.92 Å². The fraction of sp³-hybridized carbons (Fsp3) is 0.467. The smallest absolute Gasteiger partial charge is 0.243 e. The number of halogens is 1. The number of aromatic nitrogens is 2. The topological polar surface area (TPSA) is 85.5 Å². The van der Waals surface area contributed by atoms with E-state index in [1.54, 1.807) is 14.0 Å². The van der Waals surface area contributed by atoms with Crippen molar-refractivity contribution in [3.8, 4) is 0 Å². The second-order valence-corrected chi connectivity index (χ2v) is 7.72. The average molecular weight is 355 g/mol. The van der Waals surface area contributed by atoms with Crippen LogP contribution < -0.4 is 0 Å². The number of rotatable bonds is 5. The molecule has 0 amide bonds. The summed E-state index contributed by atoms with van der Waals surface area (Å²) >= 11 is 0. The molecule has 130 valence electrons. The van der Waals surface area contributed by atoms with Crippen LogP contribution in [0.1, 0.15) is 17.6 Å². The Morgan fingerprint density at radius 3 is 2.62 bits per heavy atom. The Morgan fingerprint density at radius 1 is 1.33 bits per heavy atom. The molecule has 3 rings (SSSR count). The molecule has 0 bridgehead atoms. The van der Waals surface area contributed by atoms with Crippen LogP contribution in [0.4, 0.5) is 4.39 Å². The Hall–Kier alpha value is -1.84. The summed E-state index contributed by atoms with van der Waals surface area (Å²) < 4.78 is 50.4. The van der Waals surface area contributed by atoms with Crippen molar-refractivity contribution in [2.45, 2.75) is 17.7 Å². The van der Waals surface area contributed by atoms with Crippen molar-refractivity contribution in [3.63, 3.8) is 0 Å². The molecule has 0 unspecified atom stereocenters. The van der Waals surface area contributed by atoms with Crippen molar-refractivity contribution in [1.29, 1.82) is 0 Å². The Bertz CT molecular complexity index is 806. The fourth-order valence-electron chi connectivity index (χ4n) is 2.91. The summed E-state index contributed by atoms with van der Waals surface area (Å²) in [4.78, 5) is 4.28. The fourth-order valence-corrected chi connectivity index (χ4v) is 4.43. The first-order chi connectivity index (χ1) is 11.4. The number of ether oxygens (including phenoxy) is 1. The molecular weight excluding hydrogens is 337 g/mol. The first-order valence-corrected chi connectivity index (χ1v) is 8.90. The molecule has 0 saturated carbocycles. The SMILES string of the molecule is COC[C@@H]1CN(S(=O)(=O)c2ccc(F)cc2)C[C@H]1c1nc(C)no1. The summed E-state index contributed by atoms with van der Waals surface area (Å²) in [6.45, 7) is 2.58. The van der Waals surface area contributed by atoms with Gasteiger partial charge < -0.3 is 9.26 Å². The second-order valence-electron chi connectivity index (χ2n) is 5.78. The largest absolute Gasteiger partial charge is 0.384 e. The minimum absolute atomic E-state index is 0.0578. The zero-order chi connectivity index (χ0) is 17.3. The van der Waals surface area contributed by atoms with E-state index in [4.69, 9.17) is 9.26 Å². The van der Waals surface area contributed by atoms with Crippen LogP contribution in [0.5, 0.6) is 0 Å². The molecule has 2 atom stereocenters. The second kappa shape index (κ2) is 6.58. The lowest BCUT2D eigenvalue weighted by molar-refractivity contribution is 0.145. The van der Waals surface area contributed by atoms with E-state index >= 15 is 0 Å². The Balaban J connectivity index is 1.88. The Labute approximate surface area is 139 Å². The van der Waals surface area contributed by atoms with Gasteiger partial charge in [-0.2, -0.15) is 9.29 Å². The van der Waals surface area contributed by atoms with E-state index in [9.17, 15) is 12.8 Å². The van der Waals surface area contributed by atoms with Gasteiger partial charge in [-0.25, -0.2) is 12.8 Å². The molecule has 0 aliphatic carbocycles. The Morgan fingerprint density at radius 2 is 2.04 bits per heavy atom. The summed E-state index contributed by atoms with van der Waals surface area (Å²) in [5, 5.41) is 3.77. The lowest BCUT2D eigenvalue weighted by Crippen LogP contribution is -2.29. The van der Waals surface area contributed by atoms with Gasteiger partial charge in [-0.05, 0) is 31.2 Å². The number of aryl methyl sites for hydroxylation is 1. The van der Waals surface area contributed by atoms with Gasteiger partial charge in [0.15, 0.2) is 5.82 Å². The molecule has 0 spiro atoms. The molecule has 1 aromatic heterocycles. The predicted octanol–water partition coefficient (Wildman–Crippen LogP) is 1.57. The lowest BCUT2D eigenvalue weighted by Gasteiger charge is -2.16. The molecule has 1 aliphatic heterocycles. The van der Waals surface area contributed by atoms with Crippen molar-refractivity contribution in [3.05, 3.63) is 41.8 Å². The summed E-state index contributed by atoms with van der Waals surface area (Å²) in [5.74, 6) is 0.102. The van der Waals surface area contributed by atoms with Gasteiger partial charge in [-0.1, -0.05) is 5.16 Å². The molecular formula is C15H18FN3O4S. The first-order valence-electron chi connectivity index (χ1n) is 7.46. The normalized spacial score (nSPS) is 22.1. The van der Waals surface area contributed by atoms with Crippen LogP contribution in [-0.2, 0) is 14.8 Å². The molecule has 0 N–H and O–H groups in total. The molecule has 1 aromatic carbocycles. The van der Waals surface area contributed by atoms with Gasteiger partial charge >= 0.3 is 0 Å². The van der Waals surface area contributed by atoms with E-state index in [2.05, 4.69) is 10.1 Å². The van der Waals surface area contributed by atoms with Crippen LogP contribution in [0.15, 0.2) is 33.7 Å². The first kappa shape index (κ1) is 17.0. The van der Waals surface area contributed by atoms with Gasteiger partial charge in [0.05, 0.1) is 17.4 Å². The minimum Gasteiger partial charge on any atom is -0.384 e. The monoisotopic (exact) mass is 355 g/mol. The van der Waals surface area contributed by atoms with Crippen molar-refractivity contribution < 1.29 is 22.1 Å². The van der Waals surface area contributed by atoms with Crippen LogP contribution in [-0.4, -0.2) is 49.7 Å². The molecule has 1 saturated heterocycles. The zero-order valence-electron chi connectivity index (χ0n) is 13.3. The number of hydrogen-bond donors (Lipinski definition) is 0. The molecule has 9 heteroatoms. The van der Waals surface area contributed by atoms with Gasteiger partial charge in [0, 0.05) is 26.1 Å². The van der Waals surface area contributed by atoms with E-state index in [0.29, 0.717) is 18.3 Å². The van der Waals surface area contributed by atoms with Gasteiger partial charge in [0.25, 0.3) is 0 Å². The zero-order valence-corrected chi connectivity index (χ0v) is 14.2. The maximum Gasteiger partial charge on any atom is 0.243 e. The third-order valence-corrected chi connectivity index (χ3v) is 5.95. The number of benzene rings is 1. The summed E-state index contributed by atoms with van der Waals surface area (Å²) in [6, 6.07) is 4.79. The van der Waals surface area contributed by atoms with Crippen molar-refractivity contribution in [1.82, 2.24) is 14.4 Å². The van der Waals surface area contributed by atoms with Crippen molar-refractivity contribution in [2.75, 3.05) is 26.8 Å². The van der Waals surface area contributed by atoms with E-state index in [1.807, 2.05) is 0 Å². The number of hydrogen-bond acceptors (Lipinski definition) is 6. The van der Waals surface area contributed by atoms with E-state index in [-0.39, 0.29) is 29.8 Å². The maximum atomic E-state index is 13.0. The summed E-state index contributed by atoms with van der Waals surface area (Å²) in [7, 11) is -2.16. The van der Waals surface area contributed by atoms with Crippen LogP contribution in [0.3, 0.4) is 0 Å². The Kier molecular flexibility index (Phi) is 4.66. The number of nitrogens with zero attached hydrogens (tertiary/aromatic N) is 3. The van der Waals surface area contributed by atoms with Crippen LogP contribution in [0.25, 0.3) is 0 Å². The molecule has 2 heterocycles. The van der Waals surface area contributed by atoms with Gasteiger partial charge in [-0.3, -0.25) is 0 Å². The third-order valence-electron chi connectivity index (χ3n) is 4.10. The molecule has 1 fully saturated rings. The molecule has 24 heavy (non-hydrogen) atoms. The average Bonchev–Trinajstić information content (AvgIpc) is 3.15. The summed E-state index contributed by atoms with van der Waals surface area (Å²) in [5.41, 5.74) is 0. The van der Waals surface area contributed by atoms with Crippen LogP contribution >= 0.6 is 0 Å². The third kappa shape index (κ3) is 3.19. The summed E-state index contributed by atoms with van der Waals surface area (Å²) in [6.07, 6.45) is 0. The van der Waals surface area contributed by atoms with E-state index in [1.165, 1.54) is 16.4 Å². The van der Waals surface area contributed by atoms with E-state index in [0.717, 1.165) is 12.1 Å². The van der Waals surface area contributed by atoms with Crippen molar-refractivity contribution >= 4 is 10.0 Å². The minimum atomic E-state index is -3.72. The number of sulfonamides is 1. The van der Waals surface area contributed by atoms with Crippen LogP contribution in [0.2, 0.25) is 0 Å². The molecule has 2 aromatic rings. The number of methoxy groups -OCH3 is 1. The standard InChI is InChI=1S/C15H18FN3O4S/c1-10-17-15(23-18-10)14-8-19(7-11(14)9-22-2)24(20,21)13-5-3-12(16)4-6-13/h3-6,11,14H,7-9H2,1-2H3/t11-,14+/m0/s1. The van der Waals surface area contributed by atoms with Crippen LogP contribution in [0, 0.1) is 18.7 Å². The highest BCUT2D eigenvalue weighted by atomic mass is 32.2. The molecule has 1 aliphatic rings. The predicted molar refractivity (Wildman–Crippen MR) is 82.3 cm³/mol.